The zero-order chi connectivity index (χ0) is 15.7. The Morgan fingerprint density at radius 3 is 2.83 bits per heavy atom. The summed E-state index contributed by atoms with van der Waals surface area (Å²) in [5.74, 6) is 1.16. The molecule has 23 heavy (non-hydrogen) atoms. The molecule has 1 N–H and O–H groups in total. The van der Waals surface area contributed by atoms with Crippen molar-refractivity contribution in [2.24, 2.45) is 11.8 Å². The van der Waals surface area contributed by atoms with E-state index < -0.39 is 4.92 Å². The van der Waals surface area contributed by atoms with Crippen LogP contribution in [0.4, 0.5) is 5.69 Å². The van der Waals surface area contributed by atoms with Crippen molar-refractivity contribution < 1.29 is 14.5 Å². The van der Waals surface area contributed by atoms with E-state index in [1.54, 1.807) is 11.0 Å². The number of halogens is 1. The molecule has 2 fully saturated rings. The van der Waals surface area contributed by atoms with Gasteiger partial charge < -0.3 is 15.0 Å². The zero-order valence-electron chi connectivity index (χ0n) is 12.9. The van der Waals surface area contributed by atoms with Crippen LogP contribution in [-0.4, -0.2) is 49.0 Å². The molecule has 126 valence electrons. The van der Waals surface area contributed by atoms with Crippen molar-refractivity contribution in [3.8, 4) is 5.75 Å². The summed E-state index contributed by atoms with van der Waals surface area (Å²) in [6, 6.07) is 4.38. The number of rotatable bonds is 3. The maximum absolute atomic E-state index is 12.6. The molecule has 2 heterocycles. The number of nitrogens with one attached hydrogen (secondary N) is 1. The zero-order valence-corrected chi connectivity index (χ0v) is 13.7. The highest BCUT2D eigenvalue weighted by Gasteiger charge is 2.35. The predicted molar refractivity (Wildman–Crippen MR) is 87.3 cm³/mol. The lowest BCUT2D eigenvalue weighted by molar-refractivity contribution is -0.385. The number of ether oxygens (including phenoxy) is 1. The number of amides is 1. The number of methoxy groups -OCH3 is 1. The number of nitro benzene ring substituents is 1. The normalized spacial score (nSPS) is 22.9. The standard InChI is InChI=1S/C15H19N3O4.ClH/c1-22-14-3-2-10(6-13(14)18(20)21)15(19)17-5-4-11-7-16-8-12(11)9-17;/h2-3,6,11-12,16H,4-5,7-9H2,1H3;1H. The van der Waals surface area contributed by atoms with Crippen molar-refractivity contribution in [1.29, 1.82) is 0 Å². The predicted octanol–water partition coefficient (Wildman–Crippen LogP) is 1.71. The Hall–Kier alpha value is -1.86. The molecule has 0 radical (unpaired) electrons. The molecule has 2 aliphatic rings. The van der Waals surface area contributed by atoms with Gasteiger partial charge >= 0.3 is 5.69 Å². The quantitative estimate of drug-likeness (QED) is 0.668. The van der Waals surface area contributed by atoms with Crippen LogP contribution in [0, 0.1) is 22.0 Å². The monoisotopic (exact) mass is 341 g/mol. The van der Waals surface area contributed by atoms with E-state index in [4.69, 9.17) is 4.74 Å². The highest BCUT2D eigenvalue weighted by atomic mass is 35.5. The fraction of sp³-hybridized carbons (Fsp3) is 0.533. The Labute approximate surface area is 140 Å². The first-order valence-electron chi connectivity index (χ1n) is 7.42. The molecule has 2 saturated heterocycles. The van der Waals surface area contributed by atoms with E-state index in [0.717, 1.165) is 26.1 Å². The minimum absolute atomic E-state index is 0. The molecule has 0 aromatic heterocycles. The van der Waals surface area contributed by atoms with Crippen LogP contribution in [0.15, 0.2) is 18.2 Å². The van der Waals surface area contributed by atoms with E-state index in [2.05, 4.69) is 5.32 Å². The van der Waals surface area contributed by atoms with Gasteiger partial charge in [-0.25, -0.2) is 0 Å². The van der Waals surface area contributed by atoms with Gasteiger partial charge in [-0.1, -0.05) is 0 Å². The average Bonchev–Trinajstić information content (AvgIpc) is 3.01. The molecule has 1 aromatic carbocycles. The van der Waals surface area contributed by atoms with Crippen LogP contribution in [-0.2, 0) is 0 Å². The van der Waals surface area contributed by atoms with E-state index in [1.807, 2.05) is 0 Å². The van der Waals surface area contributed by atoms with Gasteiger partial charge in [-0.05, 0) is 43.5 Å². The number of fused-ring (bicyclic) bond motifs is 1. The third-order valence-corrected chi connectivity index (χ3v) is 4.61. The number of benzene rings is 1. The summed E-state index contributed by atoms with van der Waals surface area (Å²) >= 11 is 0. The molecular formula is C15H20ClN3O4. The minimum atomic E-state index is -0.525. The second-order valence-corrected chi connectivity index (χ2v) is 5.86. The first-order chi connectivity index (χ1) is 10.6. The van der Waals surface area contributed by atoms with Crippen molar-refractivity contribution in [2.75, 3.05) is 33.3 Å². The van der Waals surface area contributed by atoms with Crippen LogP contribution in [0.25, 0.3) is 0 Å². The van der Waals surface area contributed by atoms with Crippen molar-refractivity contribution >= 4 is 24.0 Å². The van der Waals surface area contributed by atoms with Crippen LogP contribution in [0.2, 0.25) is 0 Å². The second kappa shape index (κ2) is 7.14. The van der Waals surface area contributed by atoms with Crippen molar-refractivity contribution in [3.63, 3.8) is 0 Å². The Morgan fingerprint density at radius 2 is 2.13 bits per heavy atom. The summed E-state index contributed by atoms with van der Waals surface area (Å²) in [5.41, 5.74) is 0.169. The van der Waals surface area contributed by atoms with Crippen molar-refractivity contribution in [3.05, 3.63) is 33.9 Å². The van der Waals surface area contributed by atoms with Gasteiger partial charge in [0.2, 0.25) is 0 Å². The van der Waals surface area contributed by atoms with Gasteiger partial charge in [-0.15, -0.1) is 12.4 Å². The number of nitro groups is 1. The van der Waals surface area contributed by atoms with Crippen LogP contribution in [0.1, 0.15) is 16.8 Å². The molecule has 0 spiro atoms. The summed E-state index contributed by atoms with van der Waals surface area (Å²) in [4.78, 5) is 25.0. The van der Waals surface area contributed by atoms with Crippen LogP contribution in [0.3, 0.4) is 0 Å². The second-order valence-electron chi connectivity index (χ2n) is 5.86. The van der Waals surface area contributed by atoms with Gasteiger partial charge in [0.25, 0.3) is 5.91 Å². The molecule has 0 bridgehead atoms. The largest absolute Gasteiger partial charge is 0.490 e. The Balaban J connectivity index is 0.00000192. The van der Waals surface area contributed by atoms with Gasteiger partial charge in [0, 0.05) is 24.7 Å². The maximum Gasteiger partial charge on any atom is 0.311 e. The number of nitrogens with zero attached hydrogens (tertiary/aromatic N) is 2. The Bertz CT molecular complexity index is 610. The SMILES string of the molecule is COc1ccc(C(=O)N2CCC3CNCC3C2)cc1[N+](=O)[O-].Cl. The maximum atomic E-state index is 12.6. The molecule has 2 aliphatic heterocycles. The summed E-state index contributed by atoms with van der Waals surface area (Å²) in [7, 11) is 1.38. The van der Waals surface area contributed by atoms with E-state index in [1.165, 1.54) is 19.2 Å². The molecular weight excluding hydrogens is 322 g/mol. The summed E-state index contributed by atoms with van der Waals surface area (Å²) < 4.78 is 4.97. The first-order valence-corrected chi connectivity index (χ1v) is 7.42. The topological polar surface area (TPSA) is 84.7 Å². The van der Waals surface area contributed by atoms with Crippen molar-refractivity contribution in [1.82, 2.24) is 10.2 Å². The molecule has 2 unspecified atom stereocenters. The molecule has 0 aliphatic carbocycles. The number of likely N-dealkylation sites (tertiary alicyclic amines) is 1. The van der Waals surface area contributed by atoms with E-state index in [-0.39, 0.29) is 29.8 Å². The number of hydrogen-bond acceptors (Lipinski definition) is 5. The first kappa shape index (κ1) is 17.5. The highest BCUT2D eigenvalue weighted by molar-refractivity contribution is 5.95. The average molecular weight is 342 g/mol. The lowest BCUT2D eigenvalue weighted by Crippen LogP contribution is -2.43. The van der Waals surface area contributed by atoms with E-state index in [9.17, 15) is 14.9 Å². The van der Waals surface area contributed by atoms with Gasteiger partial charge in [0.15, 0.2) is 5.75 Å². The summed E-state index contributed by atoms with van der Waals surface area (Å²) in [6.07, 6.45) is 0.988. The van der Waals surface area contributed by atoms with Gasteiger partial charge in [0.05, 0.1) is 12.0 Å². The lowest BCUT2D eigenvalue weighted by atomic mass is 9.88. The fourth-order valence-corrected chi connectivity index (χ4v) is 3.37. The van der Waals surface area contributed by atoms with Crippen LogP contribution in [0.5, 0.6) is 5.75 Å². The fourth-order valence-electron chi connectivity index (χ4n) is 3.37. The molecule has 1 amide bonds. The minimum Gasteiger partial charge on any atom is -0.490 e. The number of piperidine rings is 1. The van der Waals surface area contributed by atoms with Crippen LogP contribution >= 0.6 is 12.4 Å². The molecule has 8 heteroatoms. The van der Waals surface area contributed by atoms with Crippen LogP contribution < -0.4 is 10.1 Å². The van der Waals surface area contributed by atoms with Crippen molar-refractivity contribution in [2.45, 2.75) is 6.42 Å². The lowest BCUT2D eigenvalue weighted by Gasteiger charge is -2.34. The molecule has 3 rings (SSSR count). The third-order valence-electron chi connectivity index (χ3n) is 4.61. The van der Waals surface area contributed by atoms with E-state index >= 15 is 0 Å². The molecule has 2 atom stereocenters. The molecule has 7 nitrogen and oxygen atoms in total. The Kier molecular flexibility index (Phi) is 5.43. The Morgan fingerprint density at radius 1 is 1.39 bits per heavy atom. The summed E-state index contributed by atoms with van der Waals surface area (Å²) in [5, 5.41) is 14.4. The van der Waals surface area contributed by atoms with E-state index in [0.29, 0.717) is 23.9 Å². The molecule has 0 saturated carbocycles. The number of carbonyl (C=O) groups is 1. The van der Waals surface area contributed by atoms with Gasteiger partial charge in [0.1, 0.15) is 0 Å². The molecule has 1 aromatic rings. The smallest absolute Gasteiger partial charge is 0.311 e. The number of hydrogen-bond donors (Lipinski definition) is 1. The third kappa shape index (κ3) is 3.40. The summed E-state index contributed by atoms with van der Waals surface area (Å²) in [6.45, 7) is 3.40. The highest BCUT2D eigenvalue weighted by Crippen LogP contribution is 2.30. The van der Waals surface area contributed by atoms with Gasteiger partial charge in [-0.2, -0.15) is 0 Å². The van der Waals surface area contributed by atoms with Gasteiger partial charge in [-0.3, -0.25) is 14.9 Å². The number of carbonyl (C=O) groups excluding carboxylic acids is 1.